The van der Waals surface area contributed by atoms with Gasteiger partial charge in [-0.15, -0.1) is 0 Å². The third kappa shape index (κ3) is 15.4. The average molecular weight is 1090 g/mol. The summed E-state index contributed by atoms with van der Waals surface area (Å²) in [5.41, 5.74) is -0.355. The molecule has 1 aromatic rings. The number of carbonyl (C=O) groups excluding carboxylic acids is 3. The Morgan fingerprint density at radius 2 is 1.32 bits per heavy atom. The summed E-state index contributed by atoms with van der Waals surface area (Å²) in [5.74, 6) is -8.55. The van der Waals surface area contributed by atoms with Crippen molar-refractivity contribution >= 4 is 23.8 Å². The number of aliphatic carboxylic acids is 1. The van der Waals surface area contributed by atoms with Crippen LogP contribution in [0.1, 0.15) is 75.6 Å². The highest BCUT2D eigenvalue weighted by Crippen LogP contribution is 2.39. The lowest BCUT2D eigenvalue weighted by molar-refractivity contribution is -0.390. The number of methoxy groups -OCH3 is 1. The quantitative estimate of drug-likeness (QED) is 0.0321. The zero-order valence-corrected chi connectivity index (χ0v) is 41.3. The van der Waals surface area contributed by atoms with Crippen LogP contribution in [-0.4, -0.2) is 257 Å². The van der Waals surface area contributed by atoms with Crippen molar-refractivity contribution in [3.8, 4) is 11.5 Å². The number of nitrogens with one attached hydrogen (secondary N) is 2. The average Bonchev–Trinajstić information content (AvgIpc) is 3.37. The van der Waals surface area contributed by atoms with E-state index >= 15 is 0 Å². The fraction of sp³-hybridized carbons (Fsp3) is 0.783. The molecule has 4 aliphatic heterocycles. The number of aliphatic hydroxyl groups is 11. The predicted octanol–water partition coefficient (Wildman–Crippen LogP) is -5.59. The predicted molar refractivity (Wildman–Crippen MR) is 244 cm³/mol. The van der Waals surface area contributed by atoms with Crippen molar-refractivity contribution in [3.05, 3.63) is 23.8 Å². The van der Waals surface area contributed by atoms with Gasteiger partial charge in [0.1, 0.15) is 96.9 Å². The molecule has 4 heterocycles. The topological polar surface area (TPSA) is 459 Å². The minimum absolute atomic E-state index is 0.0945. The lowest BCUT2D eigenvalue weighted by Gasteiger charge is -2.52. The van der Waals surface area contributed by atoms with E-state index in [1.54, 1.807) is 0 Å². The summed E-state index contributed by atoms with van der Waals surface area (Å²) in [6.07, 6.45) is -32.1. The normalized spacial score (nSPS) is 37.0. The molecule has 0 saturated carbocycles. The Morgan fingerprint density at radius 3 is 1.92 bits per heavy atom. The first-order valence-corrected chi connectivity index (χ1v) is 24.4. The number of rotatable bonds is 25. The number of aromatic hydroxyl groups is 2. The van der Waals surface area contributed by atoms with Gasteiger partial charge in [0, 0.05) is 38.0 Å². The number of ether oxygens (including phenoxy) is 9. The van der Waals surface area contributed by atoms with Gasteiger partial charge in [-0.2, -0.15) is 0 Å². The number of unbranched alkanes of at least 4 members (excludes halogenated alkanes) is 5. The van der Waals surface area contributed by atoms with Crippen molar-refractivity contribution in [3.63, 3.8) is 0 Å². The molecule has 4 aliphatic rings. The number of hydrogen-bond donors (Lipinski definition) is 16. The second kappa shape index (κ2) is 28.0. The summed E-state index contributed by atoms with van der Waals surface area (Å²) in [7, 11) is 1.30. The maximum Gasteiger partial charge on any atom is 0.364 e. The molecule has 0 spiro atoms. The van der Waals surface area contributed by atoms with Crippen LogP contribution >= 0.6 is 0 Å². The van der Waals surface area contributed by atoms with Gasteiger partial charge >= 0.3 is 11.9 Å². The molecule has 2 amide bonds. The molecular weight excluding hydrogens is 1010 g/mol. The molecule has 0 aliphatic carbocycles. The number of carbonyl (C=O) groups is 4. The molecule has 75 heavy (non-hydrogen) atoms. The minimum atomic E-state index is -3.20. The van der Waals surface area contributed by atoms with E-state index < -0.39 is 184 Å². The van der Waals surface area contributed by atoms with Crippen LogP contribution in [0.3, 0.4) is 0 Å². The maximum absolute atomic E-state index is 14.1. The van der Waals surface area contributed by atoms with Gasteiger partial charge in [0.05, 0.1) is 45.2 Å². The number of hydrogen-bond acceptors (Lipinski definition) is 26. The van der Waals surface area contributed by atoms with Crippen molar-refractivity contribution in [2.45, 2.75) is 194 Å². The molecule has 15 unspecified atom stereocenters. The Hall–Kier alpha value is -4.06. The summed E-state index contributed by atoms with van der Waals surface area (Å²) in [4.78, 5) is 51.0. The summed E-state index contributed by atoms with van der Waals surface area (Å²) >= 11 is 0. The second-order valence-electron chi connectivity index (χ2n) is 18.8. The Balaban J connectivity index is 1.55. The molecule has 0 radical (unpaired) electrons. The summed E-state index contributed by atoms with van der Waals surface area (Å²) in [6, 6.07) is -0.515. The smallest absolute Gasteiger partial charge is 0.364 e. The molecular formula is C46H72N2O27. The first-order valence-electron chi connectivity index (χ1n) is 24.4. The first-order chi connectivity index (χ1) is 35.5. The number of phenolic OH excluding ortho intramolecular Hbond substituents is 2. The van der Waals surface area contributed by atoms with Gasteiger partial charge in [0.25, 0.3) is 11.7 Å². The van der Waals surface area contributed by atoms with Gasteiger partial charge in [0.15, 0.2) is 18.9 Å². The van der Waals surface area contributed by atoms with Crippen LogP contribution in [0.2, 0.25) is 0 Å². The van der Waals surface area contributed by atoms with E-state index in [1.807, 2.05) is 0 Å². The van der Waals surface area contributed by atoms with E-state index in [-0.39, 0.29) is 24.6 Å². The standard InChI is InChI=1S/C46H72N2O27/c1-19-31(58)34(61)35(62)43(69-19)72-37-27(18-51)71-42(68-11-9-7-5-4-6-8-10-28(57)67-3)30(48-41(64)21-12-22(53)14-23(54)13-21)39(37)73-44-36(63)40(33(60)26(17-50)70-44)75-46(45(65)66)15-24(55)29(47-20(2)52)38(74-46)32(59)25(56)16-49/h12-14,19,24-27,29-40,42-44,49-51,53-56,58-63H,4-11,15-18H2,1-3H3,(H,47,52)(H,48,64)(H,65,66)/t19?,24?,25?,26?,27?,29-,30?,31-,32?,33+,34?,35?,36?,37-,38?,39?,40?,42-,43?,44?,46+/m1/s1. The summed E-state index contributed by atoms with van der Waals surface area (Å²) in [5, 5.41) is 156. The molecule has 1 aromatic carbocycles. The van der Waals surface area contributed by atoms with E-state index in [9.17, 15) is 90.7 Å². The van der Waals surface area contributed by atoms with Crippen molar-refractivity contribution in [1.29, 1.82) is 0 Å². The first kappa shape index (κ1) is 61.8. The Bertz CT molecular complexity index is 1990. The number of esters is 1. The van der Waals surface area contributed by atoms with Crippen LogP contribution in [0, 0.1) is 0 Å². The fourth-order valence-corrected chi connectivity index (χ4v) is 9.22. The van der Waals surface area contributed by atoms with E-state index in [1.165, 1.54) is 14.0 Å². The highest BCUT2D eigenvalue weighted by atomic mass is 16.8. The van der Waals surface area contributed by atoms with Crippen LogP contribution < -0.4 is 10.6 Å². The molecule has 0 bridgehead atoms. The largest absolute Gasteiger partial charge is 0.508 e. The third-order valence-electron chi connectivity index (χ3n) is 13.3. The summed E-state index contributed by atoms with van der Waals surface area (Å²) in [6.45, 7) is -0.952. The Labute approximate surface area is 429 Å². The highest BCUT2D eigenvalue weighted by molar-refractivity contribution is 5.95. The number of benzene rings is 1. The lowest BCUT2D eigenvalue weighted by Crippen LogP contribution is -2.71. The molecule has 16 N–H and O–H groups in total. The molecule has 5 rings (SSSR count). The van der Waals surface area contributed by atoms with Gasteiger partial charge < -0.3 is 125 Å². The zero-order chi connectivity index (χ0) is 55.5. The fourth-order valence-electron chi connectivity index (χ4n) is 9.22. The molecule has 0 aromatic heterocycles. The zero-order valence-electron chi connectivity index (χ0n) is 41.3. The number of phenols is 2. The van der Waals surface area contributed by atoms with E-state index in [2.05, 4.69) is 15.4 Å². The van der Waals surface area contributed by atoms with Crippen LogP contribution in [0.5, 0.6) is 11.5 Å². The van der Waals surface area contributed by atoms with Crippen LogP contribution in [0.25, 0.3) is 0 Å². The Morgan fingerprint density at radius 1 is 0.720 bits per heavy atom. The van der Waals surface area contributed by atoms with Gasteiger partial charge in [-0.1, -0.05) is 25.7 Å². The second-order valence-corrected chi connectivity index (χ2v) is 18.8. The monoisotopic (exact) mass is 1080 g/mol. The van der Waals surface area contributed by atoms with Crippen molar-refractivity contribution in [2.24, 2.45) is 0 Å². The highest BCUT2D eigenvalue weighted by Gasteiger charge is 2.61. The van der Waals surface area contributed by atoms with E-state index in [4.69, 9.17) is 37.9 Å². The molecule has 428 valence electrons. The van der Waals surface area contributed by atoms with Crippen LogP contribution in [0.15, 0.2) is 18.2 Å². The van der Waals surface area contributed by atoms with E-state index in [0.717, 1.165) is 38.0 Å². The summed E-state index contributed by atoms with van der Waals surface area (Å²) < 4.78 is 52.6. The number of carboxylic acids is 1. The molecule has 4 saturated heterocycles. The van der Waals surface area contributed by atoms with Crippen molar-refractivity contribution in [2.75, 3.05) is 33.5 Å². The number of amides is 2. The lowest BCUT2D eigenvalue weighted by atomic mass is 9.88. The molecule has 21 atom stereocenters. The van der Waals surface area contributed by atoms with Crippen LogP contribution in [-0.2, 0) is 57.0 Å². The van der Waals surface area contributed by atoms with E-state index in [0.29, 0.717) is 25.7 Å². The number of aliphatic hydroxyl groups excluding tert-OH is 11. The number of carboxylic acid groups (broad SMARTS) is 1. The van der Waals surface area contributed by atoms with Gasteiger partial charge in [-0.3, -0.25) is 14.4 Å². The molecule has 4 fully saturated rings. The Kier molecular flexibility index (Phi) is 23.1. The maximum atomic E-state index is 14.1. The SMILES string of the molecule is COC(=O)CCCCCCCCO[C@@H]1OC(CO)[C@@H](OC2OC(C)[C@@H](O)C(O)C2O)C(OC2OC(CO)[C@H](O)C(O[C@]3(C(=O)O)CC(O)[C@@H](NC(C)=O)C(C(O)C(O)CO)O3)C2O)C1NC(=O)c1cc(O)cc(O)c1. The minimum Gasteiger partial charge on any atom is -0.508 e. The van der Waals surface area contributed by atoms with Gasteiger partial charge in [-0.25, -0.2) is 4.79 Å². The van der Waals surface area contributed by atoms with Crippen molar-refractivity contribution in [1.82, 2.24) is 10.6 Å². The van der Waals surface area contributed by atoms with Gasteiger partial charge in [-0.05, 0) is 31.9 Å². The van der Waals surface area contributed by atoms with Gasteiger partial charge in [0.2, 0.25) is 5.91 Å². The molecule has 29 nitrogen and oxygen atoms in total. The molecule has 29 heteroatoms. The van der Waals surface area contributed by atoms with Crippen molar-refractivity contribution < 1.29 is 133 Å². The van der Waals surface area contributed by atoms with Crippen LogP contribution in [0.4, 0.5) is 0 Å². The third-order valence-corrected chi connectivity index (χ3v) is 13.3.